The Bertz CT molecular complexity index is 950. The molecule has 176 valence electrons. The van der Waals surface area contributed by atoms with E-state index in [9.17, 15) is 26.7 Å². The molecule has 1 amide bonds. The Morgan fingerprint density at radius 2 is 1.81 bits per heavy atom. The molecule has 31 heavy (non-hydrogen) atoms. The first-order valence-corrected chi connectivity index (χ1v) is 14.1. The highest BCUT2D eigenvalue weighted by molar-refractivity contribution is 7.90. The Morgan fingerprint density at radius 1 is 1.10 bits per heavy atom. The summed E-state index contributed by atoms with van der Waals surface area (Å²) in [5.74, 6) is -0.511. The van der Waals surface area contributed by atoms with Crippen LogP contribution in [0.3, 0.4) is 0 Å². The van der Waals surface area contributed by atoms with Crippen LogP contribution in [0, 0.1) is 23.7 Å². The van der Waals surface area contributed by atoms with Crippen LogP contribution >= 0.6 is 0 Å². The van der Waals surface area contributed by atoms with Gasteiger partial charge in [-0.15, -0.1) is 0 Å². The number of hydrogen-bond acceptors (Lipinski definition) is 6. The Morgan fingerprint density at radius 3 is 2.42 bits per heavy atom. The summed E-state index contributed by atoms with van der Waals surface area (Å²) in [7, 11) is -7.24. The Labute approximate surface area is 182 Å². The number of aliphatic hydroxyl groups is 1. The van der Waals surface area contributed by atoms with E-state index in [1.54, 1.807) is 4.31 Å². The number of nitrogens with one attached hydrogen (secondary N) is 1. The molecule has 5 aliphatic rings. The molecule has 0 bridgehead atoms. The molecule has 0 spiro atoms. The third-order valence-electron chi connectivity index (χ3n) is 7.91. The summed E-state index contributed by atoms with van der Waals surface area (Å²) in [5, 5.41) is 10.3. The van der Waals surface area contributed by atoms with Crippen molar-refractivity contribution in [3.63, 3.8) is 0 Å². The van der Waals surface area contributed by atoms with Crippen LogP contribution in [0.15, 0.2) is 0 Å². The van der Waals surface area contributed by atoms with Crippen molar-refractivity contribution in [2.45, 2.75) is 68.5 Å². The number of sulfonamides is 1. The van der Waals surface area contributed by atoms with Crippen LogP contribution in [-0.4, -0.2) is 79.7 Å². The van der Waals surface area contributed by atoms with Gasteiger partial charge >= 0.3 is 10.2 Å². The number of halogens is 1. The van der Waals surface area contributed by atoms with Gasteiger partial charge in [-0.3, -0.25) is 4.79 Å². The fourth-order valence-electron chi connectivity index (χ4n) is 6.18. The minimum atomic E-state index is -4.12. The van der Waals surface area contributed by atoms with E-state index in [4.69, 9.17) is 0 Å². The van der Waals surface area contributed by atoms with Crippen molar-refractivity contribution in [1.29, 1.82) is 0 Å². The van der Waals surface area contributed by atoms with Crippen molar-refractivity contribution < 1.29 is 31.1 Å². The fourth-order valence-corrected chi connectivity index (χ4v) is 9.50. The van der Waals surface area contributed by atoms with E-state index in [0.717, 1.165) is 36.4 Å². The monoisotopic (exact) mass is 479 g/mol. The number of aliphatic hydroxyl groups excluding tert-OH is 1. The molecule has 12 heteroatoms. The minimum absolute atomic E-state index is 0.000369. The van der Waals surface area contributed by atoms with E-state index >= 15 is 4.39 Å². The Hall–Kier alpha value is -0.820. The largest absolute Gasteiger partial charge is 0.391 e. The van der Waals surface area contributed by atoms with Crippen LogP contribution in [0.5, 0.6) is 0 Å². The van der Waals surface area contributed by atoms with E-state index in [2.05, 4.69) is 0 Å². The molecule has 6 atom stereocenters. The highest BCUT2D eigenvalue weighted by Gasteiger charge is 2.54. The lowest BCUT2D eigenvalue weighted by atomic mass is 9.63. The van der Waals surface area contributed by atoms with Crippen LogP contribution < -0.4 is 4.72 Å². The first-order valence-electron chi connectivity index (χ1n) is 11.2. The fraction of sp³-hybridized carbons (Fsp3) is 0.947. The number of hydrogen-bond donors (Lipinski definition) is 2. The van der Waals surface area contributed by atoms with Crippen molar-refractivity contribution in [2.75, 3.05) is 19.6 Å². The summed E-state index contributed by atoms with van der Waals surface area (Å²) in [4.78, 5) is 11.6. The first-order chi connectivity index (χ1) is 14.6. The minimum Gasteiger partial charge on any atom is -0.391 e. The second-order valence-corrected chi connectivity index (χ2v) is 13.9. The van der Waals surface area contributed by atoms with E-state index in [-0.39, 0.29) is 23.0 Å². The molecule has 3 aliphatic carbocycles. The standard InChI is InChI=1S/C19H30FN3O6S2/c20-18-15-6-11(5-12-8-22(9-12)30(26,27)14-3-4-14)1-2-13(15)7-16(24)19(18)23-10-17(25)21-31(23,28)29/h11-16,18-19,24H,1-10H2,(H,21,25). The molecule has 5 fully saturated rings. The van der Waals surface area contributed by atoms with Crippen LogP contribution in [0.1, 0.15) is 44.9 Å². The second kappa shape index (κ2) is 7.61. The molecule has 0 aromatic rings. The van der Waals surface area contributed by atoms with Gasteiger partial charge in [0.05, 0.1) is 23.9 Å². The number of rotatable bonds is 5. The summed E-state index contributed by atoms with van der Waals surface area (Å²) < 4.78 is 68.8. The summed E-state index contributed by atoms with van der Waals surface area (Å²) in [6.45, 7) is 0.631. The molecular formula is C19H30FN3O6S2. The van der Waals surface area contributed by atoms with Gasteiger partial charge in [-0.1, -0.05) is 6.42 Å². The summed E-state index contributed by atoms with van der Waals surface area (Å²) >= 11 is 0. The lowest BCUT2D eigenvalue weighted by Gasteiger charge is -2.49. The maximum absolute atomic E-state index is 15.6. The van der Waals surface area contributed by atoms with Gasteiger partial charge in [0.1, 0.15) is 6.17 Å². The lowest BCUT2D eigenvalue weighted by Crippen LogP contribution is -2.59. The Kier molecular flexibility index (Phi) is 5.40. The van der Waals surface area contributed by atoms with Gasteiger partial charge < -0.3 is 5.11 Å². The molecule has 0 aromatic carbocycles. The van der Waals surface area contributed by atoms with Crippen molar-refractivity contribution in [1.82, 2.24) is 13.3 Å². The lowest BCUT2D eigenvalue weighted by molar-refractivity contribution is -0.120. The molecule has 2 saturated heterocycles. The Balaban J connectivity index is 1.21. The molecule has 6 unspecified atom stereocenters. The predicted octanol–water partition coefficient (Wildman–Crippen LogP) is -0.0191. The molecule has 9 nitrogen and oxygen atoms in total. The van der Waals surface area contributed by atoms with Gasteiger partial charge in [-0.05, 0) is 62.2 Å². The molecule has 3 saturated carbocycles. The number of fused-ring (bicyclic) bond motifs is 1. The van der Waals surface area contributed by atoms with Gasteiger partial charge in [0.2, 0.25) is 15.9 Å². The summed E-state index contributed by atoms with van der Waals surface area (Å²) in [6.07, 6.45) is 2.33. The smallest absolute Gasteiger partial charge is 0.304 e. The number of carbonyl (C=O) groups excluding carboxylic acids is 1. The highest BCUT2D eigenvalue weighted by Crippen LogP contribution is 2.48. The normalized spacial score (nSPS) is 42.1. The van der Waals surface area contributed by atoms with Crippen LogP contribution in [0.4, 0.5) is 4.39 Å². The topological polar surface area (TPSA) is 124 Å². The zero-order valence-electron chi connectivity index (χ0n) is 17.3. The zero-order valence-corrected chi connectivity index (χ0v) is 18.9. The van der Waals surface area contributed by atoms with Gasteiger partial charge in [0.15, 0.2) is 0 Å². The zero-order chi connectivity index (χ0) is 22.1. The molecule has 5 rings (SSSR count). The SMILES string of the molecule is O=C1CN(C2C(O)CC3CCC(CC4CN(S(=O)(=O)C5CC5)C4)CC3C2F)S(=O)(=O)N1. The number of amides is 1. The van der Waals surface area contributed by atoms with Crippen molar-refractivity contribution >= 4 is 26.1 Å². The first kappa shape index (κ1) is 22.0. The van der Waals surface area contributed by atoms with Crippen LogP contribution in [0.2, 0.25) is 0 Å². The average molecular weight is 480 g/mol. The highest BCUT2D eigenvalue weighted by atomic mass is 32.2. The number of carbonyl (C=O) groups is 1. The van der Waals surface area contributed by atoms with E-state index in [0.29, 0.717) is 31.8 Å². The van der Waals surface area contributed by atoms with Gasteiger partial charge in [-0.25, -0.2) is 21.8 Å². The maximum Gasteiger partial charge on any atom is 0.304 e. The maximum atomic E-state index is 15.6. The predicted molar refractivity (Wildman–Crippen MR) is 109 cm³/mol. The number of nitrogens with zero attached hydrogens (tertiary/aromatic N) is 2. The van der Waals surface area contributed by atoms with E-state index in [1.165, 1.54) is 0 Å². The van der Waals surface area contributed by atoms with Gasteiger partial charge in [-0.2, -0.15) is 12.7 Å². The third-order valence-corrected chi connectivity index (χ3v) is 11.7. The van der Waals surface area contributed by atoms with E-state index in [1.807, 2.05) is 4.72 Å². The van der Waals surface area contributed by atoms with Crippen LogP contribution in [-0.2, 0) is 25.0 Å². The van der Waals surface area contributed by atoms with Crippen molar-refractivity contribution in [2.24, 2.45) is 23.7 Å². The second-order valence-electron chi connectivity index (χ2n) is 10.1. The third kappa shape index (κ3) is 3.92. The van der Waals surface area contributed by atoms with Gasteiger partial charge in [0.25, 0.3) is 0 Å². The molecule has 2 aliphatic heterocycles. The van der Waals surface area contributed by atoms with Gasteiger partial charge in [0, 0.05) is 13.1 Å². The number of alkyl halides is 1. The quantitative estimate of drug-likeness (QED) is 0.571. The molecular weight excluding hydrogens is 449 g/mol. The van der Waals surface area contributed by atoms with E-state index < -0.39 is 51.0 Å². The average Bonchev–Trinajstić information content (AvgIpc) is 3.45. The summed E-state index contributed by atoms with van der Waals surface area (Å²) in [5.41, 5.74) is 0. The van der Waals surface area contributed by atoms with Crippen molar-refractivity contribution in [3.05, 3.63) is 0 Å². The molecule has 2 N–H and O–H groups in total. The summed E-state index contributed by atoms with van der Waals surface area (Å²) in [6, 6.07) is -1.24. The molecule has 2 heterocycles. The van der Waals surface area contributed by atoms with Crippen molar-refractivity contribution in [3.8, 4) is 0 Å². The molecule has 0 radical (unpaired) electrons. The molecule has 0 aromatic heterocycles. The van der Waals surface area contributed by atoms with Crippen LogP contribution in [0.25, 0.3) is 0 Å².